The van der Waals surface area contributed by atoms with E-state index in [0.29, 0.717) is 13.2 Å². The van der Waals surface area contributed by atoms with Gasteiger partial charge in [0.15, 0.2) is 0 Å². The number of aromatic nitrogens is 2. The van der Waals surface area contributed by atoms with Gasteiger partial charge in [-0.1, -0.05) is 18.2 Å². The molecule has 0 aliphatic rings. The van der Waals surface area contributed by atoms with E-state index in [4.69, 9.17) is 4.74 Å². The number of nitrogens with one attached hydrogen (secondary N) is 3. The molecule has 1 unspecified atom stereocenters. The lowest BCUT2D eigenvalue weighted by atomic mass is 10.1. The van der Waals surface area contributed by atoms with Crippen molar-refractivity contribution < 1.29 is 14.3 Å². The van der Waals surface area contributed by atoms with Crippen LogP contribution in [0.2, 0.25) is 0 Å². The molecular formula is C19H22N4O3. The van der Waals surface area contributed by atoms with Crippen molar-refractivity contribution in [1.29, 1.82) is 0 Å². The number of rotatable bonds is 6. The summed E-state index contributed by atoms with van der Waals surface area (Å²) in [7, 11) is 1.56. The molecule has 26 heavy (non-hydrogen) atoms. The van der Waals surface area contributed by atoms with Crippen LogP contribution in [0.4, 0.5) is 0 Å². The lowest BCUT2D eigenvalue weighted by Crippen LogP contribution is -2.45. The molecule has 7 nitrogen and oxygen atoms in total. The topological polar surface area (TPSA) is 96.1 Å². The van der Waals surface area contributed by atoms with Gasteiger partial charge < -0.3 is 20.4 Å². The smallest absolute Gasteiger partial charge is 0.270 e. The second-order valence-corrected chi connectivity index (χ2v) is 6.17. The van der Waals surface area contributed by atoms with Gasteiger partial charge in [-0.25, -0.2) is 4.98 Å². The number of hydrogen-bond donors (Lipinski definition) is 3. The largest absolute Gasteiger partial charge is 0.383 e. The van der Waals surface area contributed by atoms with Crippen molar-refractivity contribution in [2.45, 2.75) is 19.9 Å². The van der Waals surface area contributed by atoms with Crippen LogP contribution in [0.15, 0.2) is 30.3 Å². The zero-order chi connectivity index (χ0) is 18.7. The third kappa shape index (κ3) is 3.52. The summed E-state index contributed by atoms with van der Waals surface area (Å²) in [5.74, 6) is -0.644. The van der Waals surface area contributed by atoms with Crippen molar-refractivity contribution in [2.75, 3.05) is 20.3 Å². The van der Waals surface area contributed by atoms with Crippen LogP contribution in [0.25, 0.3) is 21.8 Å². The number of ether oxygens (including phenoxy) is 1. The maximum atomic E-state index is 12.6. The summed E-state index contributed by atoms with van der Waals surface area (Å²) in [5, 5.41) is 7.36. The summed E-state index contributed by atoms with van der Waals surface area (Å²) in [6, 6.07) is 8.99. The lowest BCUT2D eigenvalue weighted by Gasteiger charge is -2.14. The van der Waals surface area contributed by atoms with Gasteiger partial charge in [0.05, 0.1) is 17.8 Å². The summed E-state index contributed by atoms with van der Waals surface area (Å²) in [4.78, 5) is 32.3. The summed E-state index contributed by atoms with van der Waals surface area (Å²) in [6.45, 7) is 4.31. The molecule has 2 heterocycles. The quantitative estimate of drug-likeness (QED) is 0.589. The maximum absolute atomic E-state index is 12.6. The van der Waals surface area contributed by atoms with Crippen molar-refractivity contribution in [3.63, 3.8) is 0 Å². The van der Waals surface area contributed by atoms with Gasteiger partial charge in [-0.15, -0.1) is 0 Å². The van der Waals surface area contributed by atoms with Crippen LogP contribution < -0.4 is 10.6 Å². The van der Waals surface area contributed by atoms with E-state index in [2.05, 4.69) is 20.6 Å². The second-order valence-electron chi connectivity index (χ2n) is 6.17. The fourth-order valence-electron chi connectivity index (χ4n) is 2.89. The minimum absolute atomic E-state index is 0.264. The van der Waals surface area contributed by atoms with E-state index in [1.165, 1.54) is 0 Å². The van der Waals surface area contributed by atoms with Crippen molar-refractivity contribution in [1.82, 2.24) is 20.6 Å². The van der Waals surface area contributed by atoms with Crippen molar-refractivity contribution >= 4 is 33.6 Å². The van der Waals surface area contributed by atoms with Crippen LogP contribution in [0.3, 0.4) is 0 Å². The summed E-state index contributed by atoms with van der Waals surface area (Å²) < 4.78 is 4.89. The fraction of sp³-hybridized carbons (Fsp3) is 0.316. The Kier molecular flexibility index (Phi) is 5.18. The zero-order valence-corrected chi connectivity index (χ0v) is 15.1. The number of H-pyrrole nitrogens is 1. The second kappa shape index (κ2) is 7.53. The van der Waals surface area contributed by atoms with Gasteiger partial charge in [-0.2, -0.15) is 0 Å². The Balaban J connectivity index is 1.82. The molecule has 2 amide bonds. The van der Waals surface area contributed by atoms with Crippen molar-refractivity contribution in [3.8, 4) is 0 Å². The van der Waals surface area contributed by atoms with E-state index in [-0.39, 0.29) is 17.5 Å². The standard InChI is InChI=1S/C19H22N4O3/c1-11-17-14(13-6-4-5-7-15(13)23-17)10-16(21-11)19(25)22-12(2)18(24)20-8-9-26-3/h4-7,10,12,23H,8-9H2,1-3H3,(H,20,24)(H,22,25). The number of para-hydroxylation sites is 1. The Morgan fingerprint density at radius 3 is 2.81 bits per heavy atom. The Hall–Kier alpha value is -2.93. The number of carbonyl (C=O) groups is 2. The van der Waals surface area contributed by atoms with Crippen LogP contribution in [0.5, 0.6) is 0 Å². The number of methoxy groups -OCH3 is 1. The van der Waals surface area contributed by atoms with Crippen molar-refractivity contribution in [3.05, 3.63) is 41.7 Å². The molecule has 1 atom stereocenters. The number of pyridine rings is 1. The van der Waals surface area contributed by atoms with Crippen LogP contribution >= 0.6 is 0 Å². The number of hydrogen-bond acceptors (Lipinski definition) is 4. The van der Waals surface area contributed by atoms with Gasteiger partial charge >= 0.3 is 0 Å². The van der Waals surface area contributed by atoms with E-state index < -0.39 is 6.04 Å². The third-order valence-electron chi connectivity index (χ3n) is 4.26. The first kappa shape index (κ1) is 17.9. The molecule has 0 saturated carbocycles. The van der Waals surface area contributed by atoms with E-state index in [9.17, 15) is 9.59 Å². The minimum atomic E-state index is -0.667. The average Bonchev–Trinajstić information content (AvgIpc) is 3.01. The highest BCUT2D eigenvalue weighted by molar-refractivity contribution is 6.10. The van der Waals surface area contributed by atoms with Gasteiger partial charge in [0.1, 0.15) is 11.7 Å². The Labute approximate surface area is 151 Å². The Bertz CT molecular complexity index is 964. The fourth-order valence-corrected chi connectivity index (χ4v) is 2.89. The molecule has 2 aromatic heterocycles. The van der Waals surface area contributed by atoms with Gasteiger partial charge in [-0.3, -0.25) is 9.59 Å². The molecule has 0 bridgehead atoms. The molecule has 0 aliphatic heterocycles. The number of fused-ring (bicyclic) bond motifs is 3. The van der Waals surface area contributed by atoms with E-state index in [0.717, 1.165) is 27.5 Å². The molecule has 3 N–H and O–H groups in total. The number of benzene rings is 1. The van der Waals surface area contributed by atoms with E-state index >= 15 is 0 Å². The Morgan fingerprint density at radius 1 is 1.27 bits per heavy atom. The van der Waals surface area contributed by atoms with E-state index in [1.54, 1.807) is 20.1 Å². The lowest BCUT2D eigenvalue weighted by molar-refractivity contribution is -0.122. The number of aryl methyl sites for hydroxylation is 1. The SMILES string of the molecule is COCCNC(=O)C(C)NC(=O)c1cc2c([nH]c3ccccc32)c(C)n1. The molecule has 0 saturated heterocycles. The normalized spacial score (nSPS) is 12.3. The van der Waals surface area contributed by atoms with Crippen LogP contribution in [-0.4, -0.2) is 48.1 Å². The predicted molar refractivity (Wildman–Crippen MR) is 100 cm³/mol. The van der Waals surface area contributed by atoms with Gasteiger partial charge in [0.25, 0.3) is 5.91 Å². The molecule has 136 valence electrons. The average molecular weight is 354 g/mol. The third-order valence-corrected chi connectivity index (χ3v) is 4.26. The number of amides is 2. The molecule has 0 radical (unpaired) electrons. The van der Waals surface area contributed by atoms with E-state index in [1.807, 2.05) is 31.2 Å². The molecule has 3 rings (SSSR count). The molecule has 0 fully saturated rings. The highest BCUT2D eigenvalue weighted by atomic mass is 16.5. The van der Waals surface area contributed by atoms with Gasteiger partial charge in [-0.05, 0) is 26.0 Å². The summed E-state index contributed by atoms with van der Waals surface area (Å²) in [5.41, 5.74) is 2.93. The molecule has 1 aromatic carbocycles. The first-order valence-corrected chi connectivity index (χ1v) is 8.47. The first-order valence-electron chi connectivity index (χ1n) is 8.47. The highest BCUT2D eigenvalue weighted by Gasteiger charge is 2.19. The van der Waals surface area contributed by atoms with Crippen molar-refractivity contribution in [2.24, 2.45) is 0 Å². The molecule has 0 spiro atoms. The summed E-state index contributed by atoms with van der Waals surface area (Å²) >= 11 is 0. The maximum Gasteiger partial charge on any atom is 0.270 e. The molecular weight excluding hydrogens is 332 g/mol. The monoisotopic (exact) mass is 354 g/mol. The van der Waals surface area contributed by atoms with Gasteiger partial charge in [0, 0.05) is 29.9 Å². The van der Waals surface area contributed by atoms with Crippen LogP contribution in [0.1, 0.15) is 23.1 Å². The number of nitrogens with zero attached hydrogens (tertiary/aromatic N) is 1. The molecule has 3 aromatic rings. The predicted octanol–water partition coefficient (Wildman–Crippen LogP) is 1.91. The molecule has 0 aliphatic carbocycles. The Morgan fingerprint density at radius 2 is 2.04 bits per heavy atom. The highest BCUT2D eigenvalue weighted by Crippen LogP contribution is 2.27. The minimum Gasteiger partial charge on any atom is -0.383 e. The van der Waals surface area contributed by atoms with Crippen LogP contribution in [0, 0.1) is 6.92 Å². The molecule has 7 heteroatoms. The van der Waals surface area contributed by atoms with Gasteiger partial charge in [0.2, 0.25) is 5.91 Å². The van der Waals surface area contributed by atoms with Crippen LogP contribution in [-0.2, 0) is 9.53 Å². The number of aromatic amines is 1. The number of carbonyl (C=O) groups excluding carboxylic acids is 2. The zero-order valence-electron chi connectivity index (χ0n) is 15.1. The summed E-state index contributed by atoms with van der Waals surface area (Å²) in [6.07, 6.45) is 0. The first-order chi connectivity index (χ1) is 12.5.